The van der Waals surface area contributed by atoms with E-state index in [1.807, 2.05) is 45.0 Å². The first-order valence-corrected chi connectivity index (χ1v) is 12.3. The zero-order chi connectivity index (χ0) is 25.3. The monoisotopic (exact) mass is 478 g/mol. The summed E-state index contributed by atoms with van der Waals surface area (Å²) in [7, 11) is 0. The highest BCUT2D eigenvalue weighted by molar-refractivity contribution is 5.87. The van der Waals surface area contributed by atoms with Crippen molar-refractivity contribution < 1.29 is 24.2 Å². The van der Waals surface area contributed by atoms with E-state index >= 15 is 0 Å². The van der Waals surface area contributed by atoms with Gasteiger partial charge in [-0.3, -0.25) is 9.59 Å². The summed E-state index contributed by atoms with van der Waals surface area (Å²) in [5.41, 5.74) is 3.54. The van der Waals surface area contributed by atoms with Gasteiger partial charge in [-0.05, 0) is 47.4 Å². The van der Waals surface area contributed by atoms with Crippen LogP contribution in [0.3, 0.4) is 0 Å². The number of benzene rings is 2. The number of likely N-dealkylation sites (tertiary alicyclic amines) is 1. The van der Waals surface area contributed by atoms with Crippen molar-refractivity contribution in [2.24, 2.45) is 17.3 Å². The van der Waals surface area contributed by atoms with Crippen molar-refractivity contribution in [1.82, 2.24) is 10.2 Å². The Morgan fingerprint density at radius 1 is 1.09 bits per heavy atom. The van der Waals surface area contributed by atoms with E-state index in [2.05, 4.69) is 29.6 Å². The third-order valence-corrected chi connectivity index (χ3v) is 7.54. The molecule has 1 aliphatic heterocycles. The Bertz CT molecular complexity index is 1080. The molecule has 7 heteroatoms. The quantitative estimate of drug-likeness (QED) is 0.611. The van der Waals surface area contributed by atoms with Crippen LogP contribution in [0.25, 0.3) is 11.1 Å². The first-order valence-electron chi connectivity index (χ1n) is 12.3. The third-order valence-electron chi connectivity index (χ3n) is 7.54. The summed E-state index contributed by atoms with van der Waals surface area (Å²) in [6, 6.07) is 15.5. The lowest BCUT2D eigenvalue weighted by molar-refractivity contribution is -0.149. The minimum absolute atomic E-state index is 0.0666. The van der Waals surface area contributed by atoms with Crippen LogP contribution in [0.4, 0.5) is 4.79 Å². The van der Waals surface area contributed by atoms with E-state index in [-0.39, 0.29) is 36.8 Å². The van der Waals surface area contributed by atoms with Gasteiger partial charge >= 0.3 is 12.1 Å². The van der Waals surface area contributed by atoms with E-state index in [0.717, 1.165) is 22.3 Å². The van der Waals surface area contributed by atoms with E-state index in [4.69, 9.17) is 4.74 Å². The molecule has 1 fully saturated rings. The van der Waals surface area contributed by atoms with Crippen molar-refractivity contribution in [3.05, 3.63) is 59.7 Å². The number of carboxylic acid groups (broad SMARTS) is 1. The molecular formula is C28H34N2O5. The number of carbonyl (C=O) groups is 3. The Morgan fingerprint density at radius 3 is 2.17 bits per heavy atom. The fourth-order valence-corrected chi connectivity index (χ4v) is 5.29. The molecule has 0 saturated carbocycles. The molecule has 0 spiro atoms. The zero-order valence-electron chi connectivity index (χ0n) is 20.8. The number of alkyl carbamates (subject to hydrolysis) is 1. The standard InChI is InChI=1S/C28H34N2O5/c1-17(2)13-24(25(31)30-14-18(3)28(4,16-30)26(32)33)29-27(34)35-15-23-21-11-7-5-9-19(21)20-10-6-8-12-22(20)23/h5-12,17-18,23-24H,13-16H2,1-4H3,(H,29,34)(H,32,33)/t18-,24?,28-/m0/s1. The molecule has 1 unspecified atom stereocenters. The molecule has 2 aromatic rings. The molecule has 1 heterocycles. The number of carboxylic acids is 1. The summed E-state index contributed by atoms with van der Waals surface area (Å²) < 4.78 is 5.65. The molecule has 2 aromatic carbocycles. The third kappa shape index (κ3) is 4.77. The number of rotatable bonds is 7. The van der Waals surface area contributed by atoms with Crippen molar-refractivity contribution in [2.75, 3.05) is 19.7 Å². The van der Waals surface area contributed by atoms with Gasteiger partial charge in [0.05, 0.1) is 5.41 Å². The Morgan fingerprint density at radius 2 is 1.66 bits per heavy atom. The first kappa shape index (κ1) is 24.8. The van der Waals surface area contributed by atoms with Gasteiger partial charge in [0.15, 0.2) is 0 Å². The SMILES string of the molecule is CC(C)CC(NC(=O)OCC1c2ccccc2-c2ccccc21)C(=O)N1C[C@H](C)[C@@](C)(C(=O)O)C1. The fraction of sp³-hybridized carbons (Fsp3) is 0.464. The van der Waals surface area contributed by atoms with E-state index in [0.29, 0.717) is 13.0 Å². The number of fused-ring (bicyclic) bond motifs is 3. The van der Waals surface area contributed by atoms with Crippen LogP contribution in [-0.4, -0.2) is 53.7 Å². The largest absolute Gasteiger partial charge is 0.481 e. The fourth-order valence-electron chi connectivity index (χ4n) is 5.29. The molecule has 35 heavy (non-hydrogen) atoms. The highest BCUT2D eigenvalue weighted by Gasteiger charge is 2.48. The second kappa shape index (κ2) is 9.72. The van der Waals surface area contributed by atoms with Crippen LogP contribution in [0.1, 0.15) is 51.2 Å². The summed E-state index contributed by atoms with van der Waals surface area (Å²) >= 11 is 0. The van der Waals surface area contributed by atoms with Crippen molar-refractivity contribution >= 4 is 18.0 Å². The van der Waals surface area contributed by atoms with Gasteiger partial charge < -0.3 is 20.1 Å². The summed E-state index contributed by atoms with van der Waals surface area (Å²) in [6.07, 6.45) is -0.198. The Hall–Kier alpha value is -3.35. The van der Waals surface area contributed by atoms with E-state index < -0.39 is 23.5 Å². The van der Waals surface area contributed by atoms with Crippen molar-refractivity contribution in [1.29, 1.82) is 0 Å². The molecular weight excluding hydrogens is 444 g/mol. The van der Waals surface area contributed by atoms with Gasteiger partial charge in [0, 0.05) is 19.0 Å². The van der Waals surface area contributed by atoms with E-state index in [1.54, 1.807) is 11.8 Å². The maximum absolute atomic E-state index is 13.3. The van der Waals surface area contributed by atoms with Gasteiger partial charge in [0.2, 0.25) is 5.91 Å². The van der Waals surface area contributed by atoms with Gasteiger partial charge in [0.1, 0.15) is 12.6 Å². The van der Waals surface area contributed by atoms with Crippen molar-refractivity contribution in [2.45, 2.75) is 46.1 Å². The van der Waals surface area contributed by atoms with Crippen LogP contribution in [0.5, 0.6) is 0 Å². The minimum atomic E-state index is -0.998. The van der Waals surface area contributed by atoms with Gasteiger partial charge in [-0.2, -0.15) is 0 Å². The lowest BCUT2D eigenvalue weighted by Gasteiger charge is -2.26. The molecule has 7 nitrogen and oxygen atoms in total. The minimum Gasteiger partial charge on any atom is -0.481 e. The zero-order valence-corrected chi connectivity index (χ0v) is 20.8. The number of aliphatic carboxylic acids is 1. The van der Waals surface area contributed by atoms with E-state index in [1.165, 1.54) is 0 Å². The van der Waals surface area contributed by atoms with Gasteiger partial charge in [-0.1, -0.05) is 69.3 Å². The Kier molecular flexibility index (Phi) is 6.88. The number of nitrogens with zero attached hydrogens (tertiary/aromatic N) is 1. The molecule has 2 aliphatic rings. The molecule has 1 aliphatic carbocycles. The molecule has 2 amide bonds. The molecule has 4 rings (SSSR count). The molecule has 3 atom stereocenters. The number of nitrogens with one attached hydrogen (secondary N) is 1. The predicted octanol–water partition coefficient (Wildman–Crippen LogP) is 4.51. The Labute approximate surface area is 206 Å². The lowest BCUT2D eigenvalue weighted by atomic mass is 9.81. The average Bonchev–Trinajstić information content (AvgIpc) is 3.31. The summed E-state index contributed by atoms with van der Waals surface area (Å²) in [4.78, 5) is 39.5. The molecule has 2 N–H and O–H groups in total. The molecule has 0 radical (unpaired) electrons. The topological polar surface area (TPSA) is 95.9 Å². The van der Waals surface area contributed by atoms with Gasteiger partial charge in [-0.15, -0.1) is 0 Å². The van der Waals surface area contributed by atoms with Crippen LogP contribution >= 0.6 is 0 Å². The predicted molar refractivity (Wildman–Crippen MR) is 133 cm³/mol. The highest BCUT2D eigenvalue weighted by Crippen LogP contribution is 2.44. The van der Waals surface area contributed by atoms with Gasteiger partial charge in [0.25, 0.3) is 0 Å². The second-order valence-corrected chi connectivity index (χ2v) is 10.5. The molecule has 0 bridgehead atoms. The highest BCUT2D eigenvalue weighted by atomic mass is 16.5. The summed E-state index contributed by atoms with van der Waals surface area (Å²) in [6.45, 7) is 8.12. The van der Waals surface area contributed by atoms with Crippen molar-refractivity contribution in [3.63, 3.8) is 0 Å². The normalized spacial score (nSPS) is 22.0. The van der Waals surface area contributed by atoms with E-state index in [9.17, 15) is 19.5 Å². The maximum Gasteiger partial charge on any atom is 0.407 e. The number of carbonyl (C=O) groups excluding carboxylic acids is 2. The van der Waals surface area contributed by atoms with Crippen LogP contribution in [-0.2, 0) is 14.3 Å². The smallest absolute Gasteiger partial charge is 0.407 e. The van der Waals surface area contributed by atoms with Crippen molar-refractivity contribution in [3.8, 4) is 11.1 Å². The van der Waals surface area contributed by atoms with Crippen LogP contribution in [0.2, 0.25) is 0 Å². The van der Waals surface area contributed by atoms with Crippen LogP contribution in [0.15, 0.2) is 48.5 Å². The van der Waals surface area contributed by atoms with Gasteiger partial charge in [-0.25, -0.2) is 4.79 Å². The second-order valence-electron chi connectivity index (χ2n) is 10.5. The maximum atomic E-state index is 13.3. The average molecular weight is 479 g/mol. The molecule has 186 valence electrons. The Balaban J connectivity index is 1.44. The lowest BCUT2D eigenvalue weighted by Crippen LogP contribution is -2.49. The van der Waals surface area contributed by atoms with Crippen LogP contribution in [0, 0.1) is 17.3 Å². The first-order chi connectivity index (χ1) is 16.6. The summed E-state index contributed by atoms with van der Waals surface area (Å²) in [5.74, 6) is -1.26. The molecule has 0 aromatic heterocycles. The molecule has 1 saturated heterocycles. The number of hydrogen-bond donors (Lipinski definition) is 2. The number of amides is 2. The summed E-state index contributed by atoms with van der Waals surface area (Å²) in [5, 5.41) is 12.4. The number of ether oxygens (including phenoxy) is 1. The van der Waals surface area contributed by atoms with Crippen LogP contribution < -0.4 is 5.32 Å². The number of hydrogen-bond acceptors (Lipinski definition) is 4.